The number of likely N-dealkylation sites (N-methyl/N-ethyl adjacent to an activating group) is 1. The lowest BCUT2D eigenvalue weighted by Crippen LogP contribution is -2.50. The third kappa shape index (κ3) is 5.86. The van der Waals surface area contributed by atoms with E-state index in [2.05, 4.69) is 5.32 Å². The van der Waals surface area contributed by atoms with Crippen LogP contribution in [0.1, 0.15) is 34.6 Å². The summed E-state index contributed by atoms with van der Waals surface area (Å²) in [7, 11) is 0. The van der Waals surface area contributed by atoms with Crippen LogP contribution in [0.2, 0.25) is 0 Å². The van der Waals surface area contributed by atoms with Crippen molar-refractivity contribution < 1.29 is 19.8 Å². The Morgan fingerprint density at radius 3 is 2.17 bits per heavy atom. The Bertz CT molecular complexity index is 299. The van der Waals surface area contributed by atoms with Crippen molar-refractivity contribution >= 4 is 12.0 Å². The molecule has 0 saturated heterocycles. The van der Waals surface area contributed by atoms with Crippen molar-refractivity contribution in [1.82, 2.24) is 10.2 Å². The van der Waals surface area contributed by atoms with E-state index in [0.29, 0.717) is 6.54 Å². The largest absolute Gasteiger partial charge is 0.481 e. The molecule has 0 aromatic carbocycles. The summed E-state index contributed by atoms with van der Waals surface area (Å²) in [5, 5.41) is 21.2. The highest BCUT2D eigenvalue weighted by atomic mass is 16.4. The number of aliphatic hydroxyl groups is 1. The van der Waals surface area contributed by atoms with Gasteiger partial charge in [-0.05, 0) is 34.6 Å². The maximum atomic E-state index is 11.9. The minimum Gasteiger partial charge on any atom is -0.481 e. The molecular weight excluding hydrogens is 236 g/mol. The Morgan fingerprint density at radius 2 is 1.83 bits per heavy atom. The van der Waals surface area contributed by atoms with E-state index in [1.54, 1.807) is 34.6 Å². The molecule has 2 amide bonds. The molecular formula is C12H24N2O4. The van der Waals surface area contributed by atoms with Crippen molar-refractivity contribution in [2.75, 3.05) is 13.1 Å². The van der Waals surface area contributed by atoms with E-state index in [9.17, 15) is 14.7 Å². The number of urea groups is 1. The number of carboxylic acids is 1. The Labute approximate surface area is 108 Å². The predicted molar refractivity (Wildman–Crippen MR) is 68.3 cm³/mol. The van der Waals surface area contributed by atoms with E-state index in [-0.39, 0.29) is 12.6 Å². The number of aliphatic carboxylic acids is 1. The molecule has 0 aliphatic carbocycles. The van der Waals surface area contributed by atoms with Gasteiger partial charge in [-0.15, -0.1) is 0 Å². The van der Waals surface area contributed by atoms with Crippen LogP contribution in [-0.4, -0.2) is 51.8 Å². The summed E-state index contributed by atoms with van der Waals surface area (Å²) in [5.41, 5.74) is -0.977. The molecule has 3 N–H and O–H groups in total. The molecule has 0 saturated carbocycles. The SMILES string of the molecule is CCN(CC(C)(C)O)C(=O)NC(C)C(C)C(=O)O. The summed E-state index contributed by atoms with van der Waals surface area (Å²) < 4.78 is 0. The van der Waals surface area contributed by atoms with Gasteiger partial charge in [-0.1, -0.05) is 0 Å². The maximum absolute atomic E-state index is 11.9. The van der Waals surface area contributed by atoms with Crippen LogP contribution < -0.4 is 5.32 Å². The Hall–Kier alpha value is -1.30. The number of hydrogen-bond donors (Lipinski definition) is 3. The standard InChI is InChI=1S/C12H24N2O4/c1-6-14(7-12(4,5)18)11(17)13-9(3)8(2)10(15)16/h8-9,18H,6-7H2,1-5H3,(H,13,17)(H,15,16). The van der Waals surface area contributed by atoms with Gasteiger partial charge in [0, 0.05) is 12.6 Å². The highest BCUT2D eigenvalue weighted by molar-refractivity contribution is 5.76. The molecule has 0 aliphatic heterocycles. The van der Waals surface area contributed by atoms with E-state index in [1.807, 2.05) is 0 Å². The average Bonchev–Trinajstić information content (AvgIpc) is 2.22. The number of carboxylic acid groups (broad SMARTS) is 1. The lowest BCUT2D eigenvalue weighted by atomic mass is 10.0. The van der Waals surface area contributed by atoms with Crippen LogP contribution in [0.3, 0.4) is 0 Å². The number of rotatable bonds is 6. The first-order valence-electron chi connectivity index (χ1n) is 6.09. The summed E-state index contributed by atoms with van der Waals surface area (Å²) in [6.45, 7) is 8.87. The van der Waals surface area contributed by atoms with Crippen molar-refractivity contribution in [2.45, 2.75) is 46.3 Å². The highest BCUT2D eigenvalue weighted by Crippen LogP contribution is 2.07. The fraction of sp³-hybridized carbons (Fsp3) is 0.833. The van der Waals surface area contributed by atoms with E-state index in [1.165, 1.54) is 4.90 Å². The molecule has 0 aromatic heterocycles. The fourth-order valence-electron chi connectivity index (χ4n) is 1.42. The molecule has 2 unspecified atom stereocenters. The normalized spacial score (nSPS) is 14.8. The third-order valence-electron chi connectivity index (χ3n) is 2.74. The second-order valence-corrected chi connectivity index (χ2v) is 5.19. The smallest absolute Gasteiger partial charge is 0.317 e. The van der Waals surface area contributed by atoms with Crippen LogP contribution in [0.4, 0.5) is 4.79 Å². The van der Waals surface area contributed by atoms with Gasteiger partial charge in [0.1, 0.15) is 0 Å². The molecule has 0 spiro atoms. The van der Waals surface area contributed by atoms with Gasteiger partial charge in [0.15, 0.2) is 0 Å². The molecule has 0 bridgehead atoms. The summed E-state index contributed by atoms with van der Waals surface area (Å²) in [6, 6.07) is -0.828. The Kier molecular flexibility index (Phi) is 6.11. The number of amides is 2. The van der Waals surface area contributed by atoms with Crippen LogP contribution in [0.15, 0.2) is 0 Å². The van der Waals surface area contributed by atoms with Gasteiger partial charge in [-0.3, -0.25) is 4.79 Å². The first kappa shape index (κ1) is 16.7. The maximum Gasteiger partial charge on any atom is 0.317 e. The molecule has 0 heterocycles. The zero-order chi connectivity index (χ0) is 14.5. The minimum atomic E-state index is -0.977. The number of nitrogens with zero attached hydrogens (tertiary/aromatic N) is 1. The van der Waals surface area contributed by atoms with Gasteiger partial charge < -0.3 is 20.4 Å². The molecule has 6 nitrogen and oxygen atoms in total. The van der Waals surface area contributed by atoms with Crippen molar-refractivity contribution in [1.29, 1.82) is 0 Å². The zero-order valence-electron chi connectivity index (χ0n) is 11.7. The van der Waals surface area contributed by atoms with Crippen LogP contribution >= 0.6 is 0 Å². The van der Waals surface area contributed by atoms with Crippen molar-refractivity contribution in [3.05, 3.63) is 0 Å². The second kappa shape index (κ2) is 6.58. The molecule has 0 aromatic rings. The molecule has 6 heteroatoms. The lowest BCUT2D eigenvalue weighted by molar-refractivity contribution is -0.141. The number of hydrogen-bond acceptors (Lipinski definition) is 3. The van der Waals surface area contributed by atoms with E-state index in [4.69, 9.17) is 5.11 Å². The highest BCUT2D eigenvalue weighted by Gasteiger charge is 2.25. The van der Waals surface area contributed by atoms with Crippen LogP contribution in [0, 0.1) is 5.92 Å². The first-order chi connectivity index (χ1) is 8.08. The molecule has 0 aliphatic rings. The molecule has 106 valence electrons. The third-order valence-corrected chi connectivity index (χ3v) is 2.74. The van der Waals surface area contributed by atoms with E-state index >= 15 is 0 Å². The molecule has 2 atom stereocenters. The van der Waals surface area contributed by atoms with Gasteiger partial charge in [-0.25, -0.2) is 4.79 Å². The molecule has 0 rings (SSSR count). The monoisotopic (exact) mass is 260 g/mol. The lowest BCUT2D eigenvalue weighted by Gasteiger charge is -2.30. The fourth-order valence-corrected chi connectivity index (χ4v) is 1.42. The summed E-state index contributed by atoms with van der Waals surface area (Å²) >= 11 is 0. The quantitative estimate of drug-likeness (QED) is 0.662. The first-order valence-corrected chi connectivity index (χ1v) is 6.09. The Morgan fingerprint density at radius 1 is 1.33 bits per heavy atom. The summed E-state index contributed by atoms with van der Waals surface area (Å²) in [4.78, 5) is 24.1. The summed E-state index contributed by atoms with van der Waals surface area (Å²) in [6.07, 6.45) is 0. The Balaban J connectivity index is 4.49. The van der Waals surface area contributed by atoms with Gasteiger partial charge in [-0.2, -0.15) is 0 Å². The number of carbonyl (C=O) groups is 2. The molecule has 0 radical (unpaired) electrons. The van der Waals surface area contributed by atoms with Crippen molar-refractivity contribution in [2.24, 2.45) is 5.92 Å². The topological polar surface area (TPSA) is 89.9 Å². The van der Waals surface area contributed by atoms with Gasteiger partial charge in [0.2, 0.25) is 0 Å². The van der Waals surface area contributed by atoms with Crippen LogP contribution in [-0.2, 0) is 4.79 Å². The predicted octanol–water partition coefficient (Wildman–Crippen LogP) is 0.898. The summed E-state index contributed by atoms with van der Waals surface area (Å²) in [5.74, 6) is -1.61. The number of nitrogens with one attached hydrogen (secondary N) is 1. The van der Waals surface area contributed by atoms with Gasteiger partial charge in [0.25, 0.3) is 0 Å². The number of carbonyl (C=O) groups excluding carboxylic acids is 1. The average molecular weight is 260 g/mol. The van der Waals surface area contributed by atoms with Crippen molar-refractivity contribution in [3.63, 3.8) is 0 Å². The minimum absolute atomic E-state index is 0.198. The second-order valence-electron chi connectivity index (χ2n) is 5.19. The zero-order valence-corrected chi connectivity index (χ0v) is 11.7. The molecule has 18 heavy (non-hydrogen) atoms. The van der Waals surface area contributed by atoms with Gasteiger partial charge in [0.05, 0.1) is 18.1 Å². The van der Waals surface area contributed by atoms with E-state index < -0.39 is 23.5 Å². The van der Waals surface area contributed by atoms with Crippen LogP contribution in [0.5, 0.6) is 0 Å². The van der Waals surface area contributed by atoms with E-state index in [0.717, 1.165) is 0 Å². The van der Waals surface area contributed by atoms with Gasteiger partial charge >= 0.3 is 12.0 Å². The van der Waals surface area contributed by atoms with Crippen molar-refractivity contribution in [3.8, 4) is 0 Å². The van der Waals surface area contributed by atoms with Crippen LogP contribution in [0.25, 0.3) is 0 Å². The molecule has 0 fully saturated rings.